The van der Waals surface area contributed by atoms with Crippen LogP contribution < -0.4 is 9.62 Å². The van der Waals surface area contributed by atoms with E-state index in [9.17, 15) is 30.8 Å². The summed E-state index contributed by atoms with van der Waals surface area (Å²) in [4.78, 5) is 12.4. The Balaban J connectivity index is 1.77. The Labute approximate surface area is 182 Å². The van der Waals surface area contributed by atoms with Crippen LogP contribution in [0.4, 0.5) is 28.9 Å². The molecule has 0 atom stereocenters. The number of nitrogens with zero attached hydrogens (tertiary/aromatic N) is 1. The minimum Gasteiger partial charge on any atom is -0.322 e. The van der Waals surface area contributed by atoms with E-state index < -0.39 is 33.5 Å². The number of anilines is 2. The second-order valence-electron chi connectivity index (χ2n) is 6.94. The van der Waals surface area contributed by atoms with Crippen molar-refractivity contribution in [2.24, 2.45) is 0 Å². The fraction of sp³-hybridized carbons (Fsp3) is 0.136. The molecule has 0 unspecified atom stereocenters. The number of halogens is 4. The highest BCUT2D eigenvalue weighted by molar-refractivity contribution is 7.92. The average Bonchev–Trinajstić information content (AvgIpc) is 2.72. The Bertz CT molecular complexity index is 1210. The van der Waals surface area contributed by atoms with Gasteiger partial charge in [0.1, 0.15) is 5.82 Å². The molecule has 3 aromatic rings. The topological polar surface area (TPSA) is 66.5 Å². The monoisotopic (exact) mass is 466 g/mol. The fourth-order valence-corrected chi connectivity index (χ4v) is 3.78. The van der Waals surface area contributed by atoms with Gasteiger partial charge < -0.3 is 5.32 Å². The highest BCUT2D eigenvalue weighted by Gasteiger charge is 2.30. The quantitative estimate of drug-likeness (QED) is 0.517. The Kier molecular flexibility index (Phi) is 6.54. The van der Waals surface area contributed by atoms with Crippen LogP contribution in [0.3, 0.4) is 0 Å². The largest absolute Gasteiger partial charge is 0.416 e. The summed E-state index contributed by atoms with van der Waals surface area (Å²) in [7, 11) is -3.76. The van der Waals surface area contributed by atoms with Crippen LogP contribution in [0.15, 0.2) is 72.8 Å². The molecule has 0 fully saturated rings. The molecule has 0 aliphatic rings. The molecular weight excluding hydrogens is 448 g/mol. The van der Waals surface area contributed by atoms with E-state index in [1.165, 1.54) is 42.5 Å². The third-order valence-electron chi connectivity index (χ3n) is 4.56. The number of alkyl halides is 3. The number of hydrogen-bond donors (Lipinski definition) is 1. The van der Waals surface area contributed by atoms with Gasteiger partial charge in [0.2, 0.25) is 10.0 Å². The molecule has 32 heavy (non-hydrogen) atoms. The highest BCUT2D eigenvalue weighted by Crippen LogP contribution is 2.30. The van der Waals surface area contributed by atoms with Crippen LogP contribution in [-0.2, 0) is 22.7 Å². The van der Waals surface area contributed by atoms with Gasteiger partial charge in [-0.3, -0.25) is 9.10 Å². The van der Waals surface area contributed by atoms with Crippen LogP contribution in [0.5, 0.6) is 0 Å². The Morgan fingerprint density at radius 2 is 1.53 bits per heavy atom. The summed E-state index contributed by atoms with van der Waals surface area (Å²) in [6.45, 7) is -0.234. The molecule has 0 aromatic heterocycles. The first kappa shape index (κ1) is 23.3. The molecule has 3 aromatic carbocycles. The molecular formula is C22H18F4N2O3S. The number of nitrogens with one attached hydrogen (secondary N) is 1. The summed E-state index contributed by atoms with van der Waals surface area (Å²) in [5.74, 6) is -1.13. The molecule has 10 heteroatoms. The minimum atomic E-state index is -4.48. The van der Waals surface area contributed by atoms with Crippen LogP contribution in [0.1, 0.15) is 21.5 Å². The Hall–Kier alpha value is -3.40. The van der Waals surface area contributed by atoms with Crippen molar-refractivity contribution in [3.8, 4) is 0 Å². The molecule has 5 nitrogen and oxygen atoms in total. The van der Waals surface area contributed by atoms with Crippen molar-refractivity contribution < 1.29 is 30.8 Å². The van der Waals surface area contributed by atoms with Crippen LogP contribution in [0.25, 0.3) is 0 Å². The fourth-order valence-electron chi connectivity index (χ4n) is 2.91. The van der Waals surface area contributed by atoms with Gasteiger partial charge >= 0.3 is 6.18 Å². The molecule has 0 saturated carbocycles. The van der Waals surface area contributed by atoms with E-state index in [2.05, 4.69) is 5.32 Å². The van der Waals surface area contributed by atoms with Gasteiger partial charge in [-0.15, -0.1) is 0 Å². The smallest absolute Gasteiger partial charge is 0.322 e. The molecule has 1 N–H and O–H groups in total. The number of amides is 1. The summed E-state index contributed by atoms with van der Waals surface area (Å²) in [6.07, 6.45) is -3.49. The predicted octanol–water partition coefficient (Wildman–Crippen LogP) is 5.06. The summed E-state index contributed by atoms with van der Waals surface area (Å²) < 4.78 is 77.4. The lowest BCUT2D eigenvalue weighted by molar-refractivity contribution is -0.137. The van der Waals surface area contributed by atoms with Gasteiger partial charge in [-0.2, -0.15) is 13.2 Å². The minimum absolute atomic E-state index is 0.160. The van der Waals surface area contributed by atoms with Gasteiger partial charge in [-0.05, 0) is 54.6 Å². The van der Waals surface area contributed by atoms with Crippen LogP contribution in [0.2, 0.25) is 0 Å². The molecule has 3 rings (SSSR count). The third kappa shape index (κ3) is 5.64. The second kappa shape index (κ2) is 8.99. The molecule has 0 heterocycles. The number of benzene rings is 3. The average molecular weight is 466 g/mol. The van der Waals surface area contributed by atoms with E-state index in [4.69, 9.17) is 0 Å². The first-order chi connectivity index (χ1) is 14.9. The lowest BCUT2D eigenvalue weighted by Gasteiger charge is -2.23. The molecule has 0 saturated heterocycles. The SMILES string of the molecule is CS(=O)(=O)N(Cc1ccccc1F)c1ccc(C(=O)Nc2ccc(C(F)(F)F)cc2)cc1. The zero-order valence-corrected chi connectivity index (χ0v) is 17.5. The maximum Gasteiger partial charge on any atom is 0.416 e. The van der Waals surface area contributed by atoms with E-state index in [0.717, 1.165) is 34.8 Å². The summed E-state index contributed by atoms with van der Waals surface area (Å²) in [5, 5.41) is 2.48. The molecule has 0 aliphatic heterocycles. The van der Waals surface area contributed by atoms with E-state index in [1.807, 2.05) is 0 Å². The van der Waals surface area contributed by atoms with Crippen molar-refractivity contribution in [3.05, 3.63) is 95.3 Å². The summed E-state index contributed by atoms with van der Waals surface area (Å²) >= 11 is 0. The molecule has 168 valence electrons. The van der Waals surface area contributed by atoms with Crippen molar-refractivity contribution >= 4 is 27.3 Å². The Morgan fingerprint density at radius 1 is 0.938 bits per heavy atom. The van der Waals surface area contributed by atoms with Crippen molar-refractivity contribution in [2.75, 3.05) is 15.9 Å². The van der Waals surface area contributed by atoms with Crippen molar-refractivity contribution in [2.45, 2.75) is 12.7 Å². The zero-order chi connectivity index (χ0) is 23.5. The van der Waals surface area contributed by atoms with Gasteiger partial charge in [0.25, 0.3) is 5.91 Å². The molecule has 0 aliphatic carbocycles. The third-order valence-corrected chi connectivity index (χ3v) is 5.70. The van der Waals surface area contributed by atoms with Crippen LogP contribution in [-0.4, -0.2) is 20.6 Å². The van der Waals surface area contributed by atoms with Gasteiger partial charge in [0.15, 0.2) is 0 Å². The van der Waals surface area contributed by atoms with E-state index in [-0.39, 0.29) is 29.0 Å². The highest BCUT2D eigenvalue weighted by atomic mass is 32.2. The van der Waals surface area contributed by atoms with Gasteiger partial charge in [-0.25, -0.2) is 12.8 Å². The first-order valence-corrected chi connectivity index (χ1v) is 11.1. The lowest BCUT2D eigenvalue weighted by Crippen LogP contribution is -2.29. The summed E-state index contributed by atoms with van der Waals surface area (Å²) in [5.41, 5.74) is -0.100. The van der Waals surface area contributed by atoms with Gasteiger partial charge in [0, 0.05) is 16.8 Å². The van der Waals surface area contributed by atoms with Gasteiger partial charge in [0.05, 0.1) is 24.1 Å². The number of carbonyl (C=O) groups excluding carboxylic acids is 1. The number of hydrogen-bond acceptors (Lipinski definition) is 3. The first-order valence-electron chi connectivity index (χ1n) is 9.25. The molecule has 0 bridgehead atoms. The van der Waals surface area contributed by atoms with E-state index in [0.29, 0.717) is 0 Å². The maximum absolute atomic E-state index is 14.0. The maximum atomic E-state index is 14.0. The zero-order valence-electron chi connectivity index (χ0n) is 16.7. The second-order valence-corrected chi connectivity index (χ2v) is 8.84. The number of sulfonamides is 1. The Morgan fingerprint density at radius 3 is 2.06 bits per heavy atom. The standard InChI is InChI=1S/C22H18F4N2O3S/c1-32(30,31)28(14-16-4-2-3-5-20(16)23)19-12-6-15(7-13-19)21(29)27-18-10-8-17(9-11-18)22(24,25)26/h2-13H,14H2,1H3,(H,27,29). The van der Waals surface area contributed by atoms with Crippen molar-refractivity contribution in [1.82, 2.24) is 0 Å². The van der Waals surface area contributed by atoms with Crippen molar-refractivity contribution in [1.29, 1.82) is 0 Å². The van der Waals surface area contributed by atoms with Gasteiger partial charge in [-0.1, -0.05) is 18.2 Å². The number of rotatable bonds is 6. The normalized spacial score (nSPS) is 11.8. The molecule has 1 amide bonds. The van der Waals surface area contributed by atoms with Crippen molar-refractivity contribution in [3.63, 3.8) is 0 Å². The van der Waals surface area contributed by atoms with E-state index >= 15 is 0 Å². The van der Waals surface area contributed by atoms with Crippen LogP contribution in [0, 0.1) is 5.82 Å². The predicted molar refractivity (Wildman–Crippen MR) is 113 cm³/mol. The van der Waals surface area contributed by atoms with E-state index in [1.54, 1.807) is 6.07 Å². The number of carbonyl (C=O) groups is 1. The molecule has 0 radical (unpaired) electrons. The lowest BCUT2D eigenvalue weighted by atomic mass is 10.1. The summed E-state index contributed by atoms with van der Waals surface area (Å²) in [6, 6.07) is 15.3. The van der Waals surface area contributed by atoms with Crippen LogP contribution >= 0.6 is 0 Å². The molecule has 0 spiro atoms.